The summed E-state index contributed by atoms with van der Waals surface area (Å²) in [5.41, 5.74) is 2.99. The summed E-state index contributed by atoms with van der Waals surface area (Å²) in [6.45, 7) is 9.30. The van der Waals surface area contributed by atoms with E-state index in [4.69, 9.17) is 17.0 Å². The SMILES string of the molecule is CNC1=C(CN2CCOCC2)C(=S)CC(C)(C)C1. The van der Waals surface area contributed by atoms with Crippen molar-refractivity contribution in [3.8, 4) is 0 Å². The van der Waals surface area contributed by atoms with Crippen molar-refractivity contribution < 1.29 is 4.74 Å². The van der Waals surface area contributed by atoms with Gasteiger partial charge in [0, 0.05) is 37.2 Å². The predicted octanol–water partition coefficient (Wildman–Crippen LogP) is 1.98. The second-order valence-corrected chi connectivity index (χ2v) is 6.53. The maximum absolute atomic E-state index is 5.63. The third kappa shape index (κ3) is 3.31. The van der Waals surface area contributed by atoms with Crippen LogP contribution in [0.2, 0.25) is 0 Å². The zero-order valence-corrected chi connectivity index (χ0v) is 12.5. The lowest BCUT2D eigenvalue weighted by atomic mass is 9.76. The summed E-state index contributed by atoms with van der Waals surface area (Å²) >= 11 is 5.63. The molecule has 0 unspecified atom stereocenters. The largest absolute Gasteiger partial charge is 0.391 e. The number of nitrogens with zero attached hydrogens (tertiary/aromatic N) is 1. The molecule has 1 aliphatic heterocycles. The van der Waals surface area contributed by atoms with Crippen molar-refractivity contribution in [1.82, 2.24) is 10.2 Å². The fourth-order valence-electron chi connectivity index (χ4n) is 2.76. The molecule has 0 atom stereocenters. The van der Waals surface area contributed by atoms with Crippen molar-refractivity contribution in [2.45, 2.75) is 26.7 Å². The number of morpholine rings is 1. The molecule has 0 aromatic heterocycles. The summed E-state index contributed by atoms with van der Waals surface area (Å²) in [7, 11) is 2.01. The minimum Gasteiger partial charge on any atom is -0.391 e. The molecule has 4 heteroatoms. The molecule has 1 N–H and O–H groups in total. The van der Waals surface area contributed by atoms with E-state index in [-0.39, 0.29) is 0 Å². The Morgan fingerprint density at radius 3 is 2.56 bits per heavy atom. The van der Waals surface area contributed by atoms with Gasteiger partial charge in [-0.15, -0.1) is 0 Å². The number of allylic oxidation sites excluding steroid dienone is 1. The highest BCUT2D eigenvalue weighted by Crippen LogP contribution is 2.36. The van der Waals surface area contributed by atoms with Gasteiger partial charge >= 0.3 is 0 Å². The number of thiocarbonyl (C=S) groups is 1. The summed E-state index contributed by atoms with van der Waals surface area (Å²) in [5.74, 6) is 0. The van der Waals surface area contributed by atoms with Crippen molar-refractivity contribution in [3.05, 3.63) is 11.3 Å². The van der Waals surface area contributed by atoms with E-state index < -0.39 is 0 Å². The van der Waals surface area contributed by atoms with E-state index in [0.717, 1.165) is 50.6 Å². The summed E-state index contributed by atoms with van der Waals surface area (Å²) in [6.07, 6.45) is 2.14. The molecule has 3 nitrogen and oxygen atoms in total. The first kappa shape index (κ1) is 14.0. The van der Waals surface area contributed by atoms with E-state index >= 15 is 0 Å². The van der Waals surface area contributed by atoms with Gasteiger partial charge in [0.1, 0.15) is 0 Å². The standard InChI is InChI=1S/C14H24N2OS/c1-14(2)8-12(15-3)11(13(18)9-14)10-16-4-6-17-7-5-16/h15H,4-10H2,1-3H3. The lowest BCUT2D eigenvalue weighted by molar-refractivity contribution is 0.0425. The van der Waals surface area contributed by atoms with Crippen molar-refractivity contribution >= 4 is 17.1 Å². The topological polar surface area (TPSA) is 24.5 Å². The number of hydrogen-bond acceptors (Lipinski definition) is 4. The average Bonchev–Trinajstić information content (AvgIpc) is 2.33. The zero-order chi connectivity index (χ0) is 13.2. The lowest BCUT2D eigenvalue weighted by Crippen LogP contribution is -2.41. The minimum absolute atomic E-state index is 0.296. The van der Waals surface area contributed by atoms with Crippen LogP contribution >= 0.6 is 12.2 Å². The maximum Gasteiger partial charge on any atom is 0.0594 e. The van der Waals surface area contributed by atoms with E-state index in [2.05, 4.69) is 24.1 Å². The number of ether oxygens (including phenoxy) is 1. The summed E-state index contributed by atoms with van der Waals surface area (Å²) in [5, 5.41) is 3.36. The molecule has 0 aromatic rings. The Morgan fingerprint density at radius 1 is 1.28 bits per heavy atom. The Hall–Kier alpha value is -0.450. The van der Waals surface area contributed by atoms with Crippen molar-refractivity contribution in [2.75, 3.05) is 39.9 Å². The van der Waals surface area contributed by atoms with Crippen molar-refractivity contribution in [1.29, 1.82) is 0 Å². The fourth-order valence-corrected chi connectivity index (χ4v) is 3.34. The molecule has 1 saturated heterocycles. The molecule has 1 aliphatic carbocycles. The summed E-state index contributed by atoms with van der Waals surface area (Å²) in [4.78, 5) is 3.59. The number of rotatable bonds is 3. The average molecular weight is 268 g/mol. The van der Waals surface area contributed by atoms with E-state index in [0.29, 0.717) is 5.41 Å². The second kappa shape index (κ2) is 5.68. The number of hydrogen-bond donors (Lipinski definition) is 1. The van der Waals surface area contributed by atoms with Crippen LogP contribution in [-0.4, -0.2) is 49.7 Å². The zero-order valence-electron chi connectivity index (χ0n) is 11.7. The van der Waals surface area contributed by atoms with Crippen LogP contribution in [0.4, 0.5) is 0 Å². The van der Waals surface area contributed by atoms with Gasteiger partial charge in [-0.2, -0.15) is 0 Å². The third-order valence-electron chi connectivity index (χ3n) is 3.78. The Labute approximate surface area is 116 Å². The van der Waals surface area contributed by atoms with E-state index in [1.165, 1.54) is 11.3 Å². The Morgan fingerprint density at radius 2 is 1.94 bits per heavy atom. The molecule has 2 aliphatic rings. The first-order chi connectivity index (χ1) is 8.52. The van der Waals surface area contributed by atoms with Gasteiger partial charge in [-0.05, 0) is 23.8 Å². The van der Waals surface area contributed by atoms with Gasteiger partial charge in [0.25, 0.3) is 0 Å². The molecule has 0 saturated carbocycles. The van der Waals surface area contributed by atoms with Crippen molar-refractivity contribution in [3.63, 3.8) is 0 Å². The smallest absolute Gasteiger partial charge is 0.0594 e. The van der Waals surface area contributed by atoms with Gasteiger partial charge < -0.3 is 10.1 Å². The van der Waals surface area contributed by atoms with Crippen LogP contribution < -0.4 is 5.32 Å². The minimum atomic E-state index is 0.296. The molecule has 0 bridgehead atoms. The maximum atomic E-state index is 5.63. The normalized spacial score (nSPS) is 25.4. The highest BCUT2D eigenvalue weighted by atomic mass is 32.1. The van der Waals surface area contributed by atoms with Gasteiger partial charge in [0.15, 0.2) is 0 Å². The van der Waals surface area contributed by atoms with Crippen LogP contribution in [0.15, 0.2) is 11.3 Å². The van der Waals surface area contributed by atoms with Crippen LogP contribution in [0.1, 0.15) is 26.7 Å². The summed E-state index contributed by atoms with van der Waals surface area (Å²) in [6, 6.07) is 0. The molecule has 1 heterocycles. The van der Waals surface area contributed by atoms with Crippen LogP contribution in [0.3, 0.4) is 0 Å². The first-order valence-corrected chi connectivity index (χ1v) is 7.16. The molecular formula is C14H24N2OS. The van der Waals surface area contributed by atoms with Crippen LogP contribution in [0.25, 0.3) is 0 Å². The molecule has 1 fully saturated rings. The van der Waals surface area contributed by atoms with Gasteiger partial charge in [-0.1, -0.05) is 26.1 Å². The Bertz CT molecular complexity index is 357. The molecule has 18 heavy (non-hydrogen) atoms. The Balaban J connectivity index is 2.12. The lowest BCUT2D eigenvalue weighted by Gasteiger charge is -2.36. The highest BCUT2D eigenvalue weighted by Gasteiger charge is 2.30. The van der Waals surface area contributed by atoms with E-state index in [1.54, 1.807) is 0 Å². The van der Waals surface area contributed by atoms with Gasteiger partial charge in [-0.25, -0.2) is 0 Å². The van der Waals surface area contributed by atoms with Crippen LogP contribution in [-0.2, 0) is 4.74 Å². The van der Waals surface area contributed by atoms with Crippen LogP contribution in [0, 0.1) is 5.41 Å². The quantitative estimate of drug-likeness (QED) is 0.791. The van der Waals surface area contributed by atoms with Gasteiger partial charge in [0.05, 0.1) is 13.2 Å². The van der Waals surface area contributed by atoms with Crippen LogP contribution in [0.5, 0.6) is 0 Å². The van der Waals surface area contributed by atoms with Gasteiger partial charge in [0.2, 0.25) is 0 Å². The molecular weight excluding hydrogens is 244 g/mol. The molecule has 0 aromatic carbocycles. The van der Waals surface area contributed by atoms with Gasteiger partial charge in [-0.3, -0.25) is 4.90 Å². The van der Waals surface area contributed by atoms with E-state index in [1.807, 2.05) is 7.05 Å². The second-order valence-electron chi connectivity index (χ2n) is 6.04. The highest BCUT2D eigenvalue weighted by molar-refractivity contribution is 7.80. The molecule has 0 amide bonds. The predicted molar refractivity (Wildman–Crippen MR) is 79.0 cm³/mol. The molecule has 0 radical (unpaired) electrons. The monoisotopic (exact) mass is 268 g/mol. The molecule has 0 spiro atoms. The fraction of sp³-hybridized carbons (Fsp3) is 0.786. The number of nitrogens with one attached hydrogen (secondary N) is 1. The summed E-state index contributed by atoms with van der Waals surface area (Å²) < 4.78 is 5.40. The molecule has 102 valence electrons. The van der Waals surface area contributed by atoms with Crippen molar-refractivity contribution in [2.24, 2.45) is 5.41 Å². The first-order valence-electron chi connectivity index (χ1n) is 6.75. The third-order valence-corrected chi connectivity index (χ3v) is 4.17. The van der Waals surface area contributed by atoms with E-state index in [9.17, 15) is 0 Å². The molecule has 2 rings (SSSR count). The Kier molecular flexibility index (Phi) is 4.41.